The summed E-state index contributed by atoms with van der Waals surface area (Å²) >= 11 is 0. The van der Waals surface area contributed by atoms with Crippen LogP contribution in [0.5, 0.6) is 0 Å². The smallest absolute Gasteiger partial charge is 0.0574 e. The Balaban J connectivity index is 2.11. The number of hydrogen-bond donors (Lipinski definition) is 1. The number of ether oxygens (including phenoxy) is 1. The van der Waals surface area contributed by atoms with Gasteiger partial charge in [-0.2, -0.15) is 0 Å². The molecular formula is C14H22N2O. The Hall–Kier alpha value is -1.06. The second-order valence-electron chi connectivity index (χ2n) is 5.34. The highest BCUT2D eigenvalue weighted by molar-refractivity contribution is 5.54. The summed E-state index contributed by atoms with van der Waals surface area (Å²) in [6, 6.07) is 6.57. The minimum atomic E-state index is 0.159. The average Bonchev–Trinajstić information content (AvgIpc) is 2.23. The lowest BCUT2D eigenvalue weighted by Gasteiger charge is -2.43. The van der Waals surface area contributed by atoms with Crippen molar-refractivity contribution in [1.82, 2.24) is 0 Å². The van der Waals surface area contributed by atoms with Crippen LogP contribution in [0.25, 0.3) is 0 Å². The van der Waals surface area contributed by atoms with Gasteiger partial charge in [-0.05, 0) is 25.5 Å². The van der Waals surface area contributed by atoms with Gasteiger partial charge in [0.05, 0.1) is 13.2 Å². The van der Waals surface area contributed by atoms with Gasteiger partial charge in [-0.15, -0.1) is 0 Å². The zero-order valence-electron chi connectivity index (χ0n) is 11.0. The van der Waals surface area contributed by atoms with Gasteiger partial charge in [0, 0.05) is 31.2 Å². The molecule has 1 saturated heterocycles. The SMILES string of the molecule is Cc1ccc(N(C)CC2(CN)COC2)c(C)c1. The summed E-state index contributed by atoms with van der Waals surface area (Å²) in [6.07, 6.45) is 0. The van der Waals surface area contributed by atoms with Gasteiger partial charge in [-0.3, -0.25) is 0 Å². The maximum absolute atomic E-state index is 5.85. The molecule has 0 aromatic heterocycles. The van der Waals surface area contributed by atoms with Gasteiger partial charge in [0.1, 0.15) is 0 Å². The van der Waals surface area contributed by atoms with Crippen LogP contribution in [0, 0.1) is 19.3 Å². The minimum Gasteiger partial charge on any atom is -0.380 e. The van der Waals surface area contributed by atoms with Crippen molar-refractivity contribution in [3.05, 3.63) is 29.3 Å². The third-order valence-corrected chi connectivity index (χ3v) is 3.59. The maximum atomic E-state index is 5.85. The second-order valence-corrected chi connectivity index (χ2v) is 5.34. The van der Waals surface area contributed by atoms with E-state index in [4.69, 9.17) is 10.5 Å². The van der Waals surface area contributed by atoms with E-state index in [0.29, 0.717) is 6.54 Å². The number of aryl methyl sites for hydroxylation is 2. The number of nitrogens with two attached hydrogens (primary N) is 1. The molecule has 1 fully saturated rings. The number of anilines is 1. The fourth-order valence-corrected chi connectivity index (χ4v) is 2.49. The molecule has 0 spiro atoms. The van der Waals surface area contributed by atoms with E-state index in [1.54, 1.807) is 0 Å². The number of benzene rings is 1. The van der Waals surface area contributed by atoms with E-state index in [1.165, 1.54) is 16.8 Å². The Labute approximate surface area is 104 Å². The molecule has 0 unspecified atom stereocenters. The summed E-state index contributed by atoms with van der Waals surface area (Å²) in [4.78, 5) is 2.30. The first-order valence-electron chi connectivity index (χ1n) is 6.12. The van der Waals surface area contributed by atoms with E-state index >= 15 is 0 Å². The molecule has 1 aromatic carbocycles. The summed E-state index contributed by atoms with van der Waals surface area (Å²) in [7, 11) is 2.13. The van der Waals surface area contributed by atoms with Crippen molar-refractivity contribution in [2.75, 3.05) is 38.3 Å². The fraction of sp³-hybridized carbons (Fsp3) is 0.571. The Bertz CT molecular complexity index is 394. The third-order valence-electron chi connectivity index (χ3n) is 3.59. The van der Waals surface area contributed by atoms with Crippen molar-refractivity contribution in [1.29, 1.82) is 0 Å². The van der Waals surface area contributed by atoms with Gasteiger partial charge in [0.2, 0.25) is 0 Å². The number of nitrogens with zero attached hydrogens (tertiary/aromatic N) is 1. The monoisotopic (exact) mass is 234 g/mol. The first kappa shape index (κ1) is 12.4. The summed E-state index contributed by atoms with van der Waals surface area (Å²) < 4.78 is 5.31. The topological polar surface area (TPSA) is 38.5 Å². The minimum absolute atomic E-state index is 0.159. The largest absolute Gasteiger partial charge is 0.380 e. The normalized spacial score (nSPS) is 17.6. The van der Waals surface area contributed by atoms with Crippen LogP contribution in [0.4, 0.5) is 5.69 Å². The molecule has 0 amide bonds. The van der Waals surface area contributed by atoms with E-state index in [2.05, 4.69) is 44.0 Å². The van der Waals surface area contributed by atoms with Gasteiger partial charge in [0.25, 0.3) is 0 Å². The highest BCUT2D eigenvalue weighted by Gasteiger charge is 2.38. The van der Waals surface area contributed by atoms with Crippen molar-refractivity contribution in [3.8, 4) is 0 Å². The Morgan fingerprint density at radius 1 is 1.35 bits per heavy atom. The van der Waals surface area contributed by atoms with Gasteiger partial charge in [-0.25, -0.2) is 0 Å². The van der Waals surface area contributed by atoms with E-state index in [9.17, 15) is 0 Å². The van der Waals surface area contributed by atoms with E-state index in [1.807, 2.05) is 0 Å². The van der Waals surface area contributed by atoms with Crippen molar-refractivity contribution >= 4 is 5.69 Å². The maximum Gasteiger partial charge on any atom is 0.0574 e. The molecule has 0 aliphatic carbocycles. The van der Waals surface area contributed by atoms with Crippen LogP contribution in [0.15, 0.2) is 18.2 Å². The van der Waals surface area contributed by atoms with Crippen LogP contribution in [-0.2, 0) is 4.74 Å². The van der Waals surface area contributed by atoms with Gasteiger partial charge in [-0.1, -0.05) is 17.7 Å². The molecule has 0 radical (unpaired) electrons. The summed E-state index contributed by atoms with van der Waals surface area (Å²) in [5.41, 5.74) is 9.92. The predicted molar refractivity (Wildman–Crippen MR) is 71.5 cm³/mol. The fourth-order valence-electron chi connectivity index (χ4n) is 2.49. The van der Waals surface area contributed by atoms with Crippen LogP contribution in [0.3, 0.4) is 0 Å². The summed E-state index contributed by atoms with van der Waals surface area (Å²) in [6.45, 7) is 7.52. The lowest BCUT2D eigenvalue weighted by Crippen LogP contribution is -2.54. The molecule has 1 aromatic rings. The molecule has 3 nitrogen and oxygen atoms in total. The number of rotatable bonds is 4. The summed E-state index contributed by atoms with van der Waals surface area (Å²) in [5, 5.41) is 0. The molecule has 2 rings (SSSR count). The second kappa shape index (κ2) is 4.67. The van der Waals surface area contributed by atoms with Gasteiger partial charge >= 0.3 is 0 Å². The van der Waals surface area contributed by atoms with Crippen LogP contribution in [0.2, 0.25) is 0 Å². The molecule has 3 heteroatoms. The molecular weight excluding hydrogens is 212 g/mol. The molecule has 1 aliphatic heterocycles. The van der Waals surface area contributed by atoms with E-state index in [0.717, 1.165) is 19.8 Å². The lowest BCUT2D eigenvalue weighted by molar-refractivity contribution is -0.101. The zero-order chi connectivity index (χ0) is 12.5. The van der Waals surface area contributed by atoms with Crippen LogP contribution in [0.1, 0.15) is 11.1 Å². The first-order valence-corrected chi connectivity index (χ1v) is 6.12. The van der Waals surface area contributed by atoms with Crippen molar-refractivity contribution in [2.45, 2.75) is 13.8 Å². The molecule has 1 aliphatic rings. The van der Waals surface area contributed by atoms with Crippen LogP contribution < -0.4 is 10.6 Å². The highest BCUT2D eigenvalue weighted by Crippen LogP contribution is 2.30. The van der Waals surface area contributed by atoms with E-state index < -0.39 is 0 Å². The molecule has 1 heterocycles. The predicted octanol–water partition coefficient (Wildman–Crippen LogP) is 1.71. The third kappa shape index (κ3) is 2.45. The van der Waals surface area contributed by atoms with Crippen molar-refractivity contribution in [2.24, 2.45) is 11.1 Å². The van der Waals surface area contributed by atoms with Crippen molar-refractivity contribution < 1.29 is 4.74 Å². The van der Waals surface area contributed by atoms with Crippen LogP contribution in [-0.4, -0.2) is 33.4 Å². The Morgan fingerprint density at radius 2 is 2.06 bits per heavy atom. The summed E-state index contributed by atoms with van der Waals surface area (Å²) in [5.74, 6) is 0. The first-order chi connectivity index (χ1) is 8.06. The Kier molecular flexibility index (Phi) is 3.40. The molecule has 94 valence electrons. The highest BCUT2D eigenvalue weighted by atomic mass is 16.5. The van der Waals surface area contributed by atoms with Gasteiger partial charge in [0.15, 0.2) is 0 Å². The quantitative estimate of drug-likeness (QED) is 0.862. The average molecular weight is 234 g/mol. The molecule has 17 heavy (non-hydrogen) atoms. The lowest BCUT2D eigenvalue weighted by atomic mass is 9.85. The molecule has 0 bridgehead atoms. The Morgan fingerprint density at radius 3 is 2.53 bits per heavy atom. The van der Waals surface area contributed by atoms with Crippen LogP contribution >= 0.6 is 0 Å². The van der Waals surface area contributed by atoms with Gasteiger partial charge < -0.3 is 15.4 Å². The zero-order valence-corrected chi connectivity index (χ0v) is 11.0. The molecule has 2 N–H and O–H groups in total. The van der Waals surface area contributed by atoms with E-state index in [-0.39, 0.29) is 5.41 Å². The standard InChI is InChI=1S/C14H22N2O/c1-11-4-5-13(12(2)6-11)16(3)8-14(7-15)9-17-10-14/h4-6H,7-10,15H2,1-3H3. The molecule has 0 saturated carbocycles. The van der Waals surface area contributed by atoms with Crippen molar-refractivity contribution in [3.63, 3.8) is 0 Å². The molecule has 0 atom stereocenters. The number of hydrogen-bond acceptors (Lipinski definition) is 3.